The fourth-order valence-electron chi connectivity index (χ4n) is 3.26. The molecule has 0 heterocycles. The van der Waals surface area contributed by atoms with Crippen LogP contribution in [0.1, 0.15) is 44.1 Å². The van der Waals surface area contributed by atoms with Gasteiger partial charge in [0.05, 0.1) is 17.6 Å². The van der Waals surface area contributed by atoms with Crippen LogP contribution in [0.5, 0.6) is 0 Å². The van der Waals surface area contributed by atoms with Gasteiger partial charge >= 0.3 is 0 Å². The molecule has 0 aliphatic heterocycles. The number of hydrogen-bond donors (Lipinski definition) is 2. The Balaban J connectivity index is 1.77. The first kappa shape index (κ1) is 12.7. The zero-order chi connectivity index (χ0) is 13.3. The third-order valence-electron chi connectivity index (χ3n) is 4.75. The maximum atomic E-state index is 12.6. The summed E-state index contributed by atoms with van der Waals surface area (Å²) >= 11 is 0. The molecule has 3 heteroatoms. The Morgan fingerprint density at radius 1 is 1.11 bits per heavy atom. The summed E-state index contributed by atoms with van der Waals surface area (Å²) in [6.45, 7) is 0.0591. The van der Waals surface area contributed by atoms with E-state index in [9.17, 15) is 9.90 Å². The molecule has 1 amide bonds. The Labute approximate surface area is 114 Å². The summed E-state index contributed by atoms with van der Waals surface area (Å²) in [4.78, 5) is 12.6. The van der Waals surface area contributed by atoms with E-state index < -0.39 is 0 Å². The molecular weight excluding hydrogens is 238 g/mol. The normalized spacial score (nSPS) is 23.0. The fourth-order valence-corrected chi connectivity index (χ4v) is 3.26. The Morgan fingerprint density at radius 3 is 2.26 bits per heavy atom. The van der Waals surface area contributed by atoms with Gasteiger partial charge in [-0.05, 0) is 31.2 Å². The van der Waals surface area contributed by atoms with Crippen LogP contribution < -0.4 is 5.32 Å². The van der Waals surface area contributed by atoms with Crippen LogP contribution in [-0.4, -0.2) is 23.2 Å². The van der Waals surface area contributed by atoms with Crippen LogP contribution >= 0.6 is 0 Å². The van der Waals surface area contributed by atoms with E-state index >= 15 is 0 Å². The quantitative estimate of drug-likeness (QED) is 0.870. The van der Waals surface area contributed by atoms with E-state index in [1.165, 1.54) is 0 Å². The van der Waals surface area contributed by atoms with Gasteiger partial charge in [0.2, 0.25) is 5.91 Å². The summed E-state index contributed by atoms with van der Waals surface area (Å²) in [5, 5.41) is 12.8. The van der Waals surface area contributed by atoms with E-state index in [0.29, 0.717) is 0 Å². The van der Waals surface area contributed by atoms with Crippen LogP contribution in [0.15, 0.2) is 30.3 Å². The number of nitrogens with one attached hydrogen (secondary N) is 1. The van der Waals surface area contributed by atoms with Gasteiger partial charge in [-0.2, -0.15) is 0 Å². The summed E-state index contributed by atoms with van der Waals surface area (Å²) in [5.74, 6) is 0.106. The lowest BCUT2D eigenvalue weighted by Gasteiger charge is -2.30. The van der Waals surface area contributed by atoms with E-state index in [4.69, 9.17) is 0 Å². The summed E-state index contributed by atoms with van der Waals surface area (Å²) in [7, 11) is 0. The lowest BCUT2D eigenvalue weighted by Crippen LogP contribution is -2.52. The predicted molar refractivity (Wildman–Crippen MR) is 73.8 cm³/mol. The number of hydrogen-bond acceptors (Lipinski definition) is 2. The van der Waals surface area contributed by atoms with Crippen molar-refractivity contribution in [2.75, 3.05) is 6.61 Å². The standard InChI is InChI=1S/C16H21NO2/c18-12-15(8-4-5-9-15)17-14(19)16(10-11-16)13-6-2-1-3-7-13/h1-3,6-7,18H,4-5,8-12H2,(H,17,19). The topological polar surface area (TPSA) is 49.3 Å². The minimum atomic E-state index is -0.360. The molecule has 0 radical (unpaired) electrons. The lowest BCUT2D eigenvalue weighted by atomic mass is 9.91. The monoisotopic (exact) mass is 259 g/mol. The van der Waals surface area contributed by atoms with Crippen molar-refractivity contribution in [3.63, 3.8) is 0 Å². The highest BCUT2D eigenvalue weighted by Crippen LogP contribution is 2.49. The first-order chi connectivity index (χ1) is 9.21. The first-order valence-electron chi connectivity index (χ1n) is 7.20. The molecule has 2 aliphatic rings. The molecule has 2 N–H and O–H groups in total. The van der Waals surface area contributed by atoms with Gasteiger partial charge in [-0.1, -0.05) is 43.2 Å². The van der Waals surface area contributed by atoms with Crippen molar-refractivity contribution in [3.8, 4) is 0 Å². The minimum Gasteiger partial charge on any atom is -0.394 e. The molecule has 0 unspecified atom stereocenters. The van der Waals surface area contributed by atoms with Crippen LogP contribution in [0.25, 0.3) is 0 Å². The first-order valence-corrected chi connectivity index (χ1v) is 7.20. The Morgan fingerprint density at radius 2 is 1.74 bits per heavy atom. The van der Waals surface area contributed by atoms with Crippen molar-refractivity contribution in [1.29, 1.82) is 0 Å². The van der Waals surface area contributed by atoms with Crippen molar-refractivity contribution in [2.45, 2.75) is 49.5 Å². The number of amides is 1. The number of rotatable bonds is 4. The third kappa shape index (κ3) is 2.16. The van der Waals surface area contributed by atoms with E-state index in [-0.39, 0.29) is 23.5 Å². The molecule has 0 bridgehead atoms. The SMILES string of the molecule is O=C(NC1(CO)CCCC1)C1(c2ccccc2)CC1. The Kier molecular flexibility index (Phi) is 3.09. The highest BCUT2D eigenvalue weighted by atomic mass is 16.3. The fraction of sp³-hybridized carbons (Fsp3) is 0.562. The molecule has 0 spiro atoms. The summed E-state index contributed by atoms with van der Waals surface area (Å²) < 4.78 is 0. The smallest absolute Gasteiger partial charge is 0.231 e. The predicted octanol–water partition coefficient (Wildman–Crippen LogP) is 2.14. The molecule has 3 rings (SSSR count). The van der Waals surface area contributed by atoms with Crippen molar-refractivity contribution in [2.24, 2.45) is 0 Å². The lowest BCUT2D eigenvalue weighted by molar-refractivity contribution is -0.126. The molecule has 2 fully saturated rings. The van der Waals surface area contributed by atoms with Gasteiger partial charge in [0, 0.05) is 0 Å². The van der Waals surface area contributed by atoms with E-state index in [1.54, 1.807) is 0 Å². The van der Waals surface area contributed by atoms with Gasteiger partial charge in [0.25, 0.3) is 0 Å². The van der Waals surface area contributed by atoms with E-state index in [2.05, 4.69) is 5.32 Å². The second kappa shape index (κ2) is 4.64. The van der Waals surface area contributed by atoms with Crippen molar-refractivity contribution in [3.05, 3.63) is 35.9 Å². The maximum absolute atomic E-state index is 12.6. The molecule has 1 aromatic carbocycles. The highest BCUT2D eigenvalue weighted by Gasteiger charge is 2.53. The maximum Gasteiger partial charge on any atom is 0.231 e. The Hall–Kier alpha value is -1.35. The van der Waals surface area contributed by atoms with E-state index in [1.807, 2.05) is 30.3 Å². The Bertz CT molecular complexity index is 459. The molecule has 2 saturated carbocycles. The van der Waals surface area contributed by atoms with Crippen LogP contribution in [0, 0.1) is 0 Å². The number of carbonyl (C=O) groups is 1. The van der Waals surface area contributed by atoms with Crippen LogP contribution in [0.2, 0.25) is 0 Å². The van der Waals surface area contributed by atoms with Crippen molar-refractivity contribution in [1.82, 2.24) is 5.32 Å². The second-order valence-corrected chi connectivity index (χ2v) is 6.05. The van der Waals surface area contributed by atoms with Gasteiger partial charge in [-0.15, -0.1) is 0 Å². The van der Waals surface area contributed by atoms with Crippen molar-refractivity contribution >= 4 is 5.91 Å². The third-order valence-corrected chi connectivity index (χ3v) is 4.75. The molecule has 3 nitrogen and oxygen atoms in total. The van der Waals surface area contributed by atoms with Crippen LogP contribution in [0.3, 0.4) is 0 Å². The second-order valence-electron chi connectivity index (χ2n) is 6.05. The van der Waals surface area contributed by atoms with Gasteiger partial charge in [-0.25, -0.2) is 0 Å². The molecule has 0 saturated heterocycles. The molecule has 0 atom stereocenters. The van der Waals surface area contributed by atoms with Crippen molar-refractivity contribution < 1.29 is 9.90 Å². The zero-order valence-corrected chi connectivity index (χ0v) is 11.2. The van der Waals surface area contributed by atoms with Gasteiger partial charge in [0.1, 0.15) is 0 Å². The van der Waals surface area contributed by atoms with Gasteiger partial charge in [0.15, 0.2) is 0 Å². The summed E-state index contributed by atoms with van der Waals surface area (Å²) in [5.41, 5.74) is 0.423. The number of aliphatic hydroxyl groups is 1. The van der Waals surface area contributed by atoms with Crippen LogP contribution in [-0.2, 0) is 10.2 Å². The molecular formula is C16H21NO2. The molecule has 0 aromatic heterocycles. The molecule has 19 heavy (non-hydrogen) atoms. The molecule has 1 aromatic rings. The van der Waals surface area contributed by atoms with Gasteiger partial charge in [-0.3, -0.25) is 4.79 Å². The molecule has 2 aliphatic carbocycles. The average Bonchev–Trinajstić information content (AvgIpc) is 3.15. The van der Waals surface area contributed by atoms with Crippen LogP contribution in [0.4, 0.5) is 0 Å². The molecule has 102 valence electrons. The largest absolute Gasteiger partial charge is 0.394 e. The summed E-state index contributed by atoms with van der Waals surface area (Å²) in [6.07, 6.45) is 5.84. The zero-order valence-electron chi connectivity index (χ0n) is 11.2. The summed E-state index contributed by atoms with van der Waals surface area (Å²) in [6, 6.07) is 10.0. The number of benzene rings is 1. The number of carbonyl (C=O) groups excluding carboxylic acids is 1. The minimum absolute atomic E-state index is 0.0591. The van der Waals surface area contributed by atoms with Gasteiger partial charge < -0.3 is 10.4 Å². The average molecular weight is 259 g/mol. The highest BCUT2D eigenvalue weighted by molar-refractivity contribution is 5.91. The number of aliphatic hydroxyl groups excluding tert-OH is 1. The van der Waals surface area contributed by atoms with E-state index in [0.717, 1.165) is 44.1 Å².